The summed E-state index contributed by atoms with van der Waals surface area (Å²) in [4.78, 5) is 11.4. The second-order valence-electron chi connectivity index (χ2n) is 3.92. The van der Waals surface area contributed by atoms with Crippen molar-refractivity contribution in [3.8, 4) is 0 Å². The van der Waals surface area contributed by atoms with Crippen molar-refractivity contribution in [1.29, 1.82) is 0 Å². The first-order valence-corrected chi connectivity index (χ1v) is 7.02. The zero-order chi connectivity index (χ0) is 12.7. The molecule has 1 aromatic rings. The number of hydrazine groups is 1. The van der Waals surface area contributed by atoms with Crippen LogP contribution in [0.25, 0.3) is 0 Å². The highest BCUT2D eigenvalue weighted by atomic mass is 32.2. The lowest BCUT2D eigenvalue weighted by Gasteiger charge is -1.97. The molecular formula is C12H20N2O2S. The number of nitrogens with two attached hydrogens (primary N) is 1. The molecule has 0 aliphatic rings. The first kappa shape index (κ1) is 14.1. The maximum atomic E-state index is 11.4. The molecule has 1 amide bonds. The number of amides is 1. The van der Waals surface area contributed by atoms with Crippen molar-refractivity contribution in [2.24, 2.45) is 5.84 Å². The third-order valence-electron chi connectivity index (χ3n) is 2.48. The molecule has 96 valence electrons. The molecule has 0 saturated carbocycles. The van der Waals surface area contributed by atoms with E-state index in [4.69, 9.17) is 10.3 Å². The molecule has 0 bridgehead atoms. The van der Waals surface area contributed by atoms with Crippen LogP contribution in [-0.4, -0.2) is 11.7 Å². The lowest BCUT2D eigenvalue weighted by molar-refractivity contribution is 0.0952. The van der Waals surface area contributed by atoms with E-state index in [1.165, 1.54) is 19.3 Å². The molecule has 1 heterocycles. The van der Waals surface area contributed by atoms with Gasteiger partial charge in [0.25, 0.3) is 5.91 Å². The minimum absolute atomic E-state index is 0.298. The van der Waals surface area contributed by atoms with Crippen LogP contribution in [0.3, 0.4) is 0 Å². The quantitative estimate of drug-likeness (QED) is 0.340. The summed E-state index contributed by atoms with van der Waals surface area (Å²) in [6.45, 7) is 3.97. The van der Waals surface area contributed by atoms with Gasteiger partial charge in [-0.05, 0) is 25.2 Å². The summed E-state index contributed by atoms with van der Waals surface area (Å²) in [6, 6.07) is 1.77. The van der Waals surface area contributed by atoms with Crippen LogP contribution in [0.4, 0.5) is 0 Å². The van der Waals surface area contributed by atoms with E-state index in [2.05, 4.69) is 12.3 Å². The Bertz CT molecular complexity index is 363. The van der Waals surface area contributed by atoms with Crippen LogP contribution < -0.4 is 11.3 Å². The van der Waals surface area contributed by atoms with Crippen LogP contribution in [0.2, 0.25) is 0 Å². The van der Waals surface area contributed by atoms with Gasteiger partial charge in [0.1, 0.15) is 11.5 Å². The SMILES string of the molecule is CCCCCSCc1cc(C(=O)NN)c(C)o1. The highest BCUT2D eigenvalue weighted by Gasteiger charge is 2.13. The normalized spacial score (nSPS) is 10.5. The van der Waals surface area contributed by atoms with Crippen molar-refractivity contribution >= 4 is 17.7 Å². The Morgan fingerprint density at radius 1 is 1.53 bits per heavy atom. The number of carbonyl (C=O) groups excluding carboxylic acids is 1. The average Bonchev–Trinajstić information content (AvgIpc) is 2.69. The molecule has 1 aromatic heterocycles. The molecule has 1 rings (SSSR count). The molecule has 0 aliphatic heterocycles. The number of nitrogen functional groups attached to an aromatic ring is 1. The topological polar surface area (TPSA) is 68.3 Å². The van der Waals surface area contributed by atoms with E-state index in [1.54, 1.807) is 13.0 Å². The smallest absolute Gasteiger partial charge is 0.268 e. The number of hydrogen-bond donors (Lipinski definition) is 2. The number of furan rings is 1. The molecule has 0 radical (unpaired) electrons. The summed E-state index contributed by atoms with van der Waals surface area (Å²) in [5, 5.41) is 0. The largest absolute Gasteiger partial charge is 0.465 e. The van der Waals surface area contributed by atoms with Gasteiger partial charge in [-0.2, -0.15) is 11.8 Å². The molecule has 0 fully saturated rings. The van der Waals surface area contributed by atoms with Crippen LogP contribution >= 0.6 is 11.8 Å². The second kappa shape index (κ2) is 7.40. The second-order valence-corrected chi connectivity index (χ2v) is 5.02. The molecule has 0 spiro atoms. The van der Waals surface area contributed by atoms with Crippen molar-refractivity contribution in [3.63, 3.8) is 0 Å². The summed E-state index contributed by atoms with van der Waals surface area (Å²) < 4.78 is 5.51. The van der Waals surface area contributed by atoms with Crippen molar-refractivity contribution in [2.75, 3.05) is 5.75 Å². The molecule has 5 heteroatoms. The number of carbonyl (C=O) groups is 1. The molecule has 0 aliphatic carbocycles. The number of rotatable bonds is 7. The van der Waals surface area contributed by atoms with E-state index in [0.29, 0.717) is 11.3 Å². The number of hydrogen-bond acceptors (Lipinski definition) is 4. The molecule has 0 atom stereocenters. The fourth-order valence-electron chi connectivity index (χ4n) is 1.54. The van der Waals surface area contributed by atoms with Gasteiger partial charge >= 0.3 is 0 Å². The fourth-order valence-corrected chi connectivity index (χ4v) is 2.44. The molecule has 0 aromatic carbocycles. The van der Waals surface area contributed by atoms with Gasteiger partial charge in [-0.3, -0.25) is 10.2 Å². The number of aryl methyl sites for hydroxylation is 1. The lowest BCUT2D eigenvalue weighted by Crippen LogP contribution is -2.30. The van der Waals surface area contributed by atoms with Gasteiger partial charge in [0.15, 0.2) is 0 Å². The van der Waals surface area contributed by atoms with Gasteiger partial charge in [0, 0.05) is 0 Å². The Labute approximate surface area is 106 Å². The predicted octanol–water partition coefficient (Wildman–Crippen LogP) is 2.61. The van der Waals surface area contributed by atoms with Crippen LogP contribution in [0, 0.1) is 6.92 Å². The van der Waals surface area contributed by atoms with Crippen molar-refractivity contribution in [3.05, 3.63) is 23.2 Å². The van der Waals surface area contributed by atoms with Crippen molar-refractivity contribution in [2.45, 2.75) is 38.9 Å². The third kappa shape index (κ3) is 4.44. The molecule has 3 N–H and O–H groups in total. The summed E-state index contributed by atoms with van der Waals surface area (Å²) in [5.41, 5.74) is 2.64. The fraction of sp³-hybridized carbons (Fsp3) is 0.583. The predicted molar refractivity (Wildman–Crippen MR) is 70.8 cm³/mol. The highest BCUT2D eigenvalue weighted by molar-refractivity contribution is 7.98. The number of thioether (sulfide) groups is 1. The maximum absolute atomic E-state index is 11.4. The summed E-state index contributed by atoms with van der Waals surface area (Å²) >= 11 is 1.83. The molecular weight excluding hydrogens is 236 g/mol. The molecule has 0 saturated heterocycles. The first-order valence-electron chi connectivity index (χ1n) is 5.87. The van der Waals surface area contributed by atoms with E-state index >= 15 is 0 Å². The van der Waals surface area contributed by atoms with Gasteiger partial charge in [0.05, 0.1) is 11.3 Å². The first-order chi connectivity index (χ1) is 8.19. The Hall–Kier alpha value is -0.940. The van der Waals surface area contributed by atoms with Crippen LogP contribution in [0.1, 0.15) is 48.1 Å². The highest BCUT2D eigenvalue weighted by Crippen LogP contribution is 2.20. The Morgan fingerprint density at radius 3 is 2.94 bits per heavy atom. The summed E-state index contributed by atoms with van der Waals surface area (Å²) in [7, 11) is 0. The van der Waals surface area contributed by atoms with E-state index in [-0.39, 0.29) is 5.91 Å². The van der Waals surface area contributed by atoms with E-state index in [1.807, 2.05) is 11.8 Å². The third-order valence-corrected chi connectivity index (χ3v) is 3.55. The summed E-state index contributed by atoms with van der Waals surface area (Å²) in [5.74, 6) is 8.19. The monoisotopic (exact) mass is 256 g/mol. The van der Waals surface area contributed by atoms with Gasteiger partial charge < -0.3 is 4.42 Å². The van der Waals surface area contributed by atoms with Gasteiger partial charge in [0.2, 0.25) is 0 Å². The van der Waals surface area contributed by atoms with Gasteiger partial charge in [-0.15, -0.1) is 0 Å². The minimum atomic E-state index is -0.298. The zero-order valence-corrected chi connectivity index (χ0v) is 11.2. The van der Waals surface area contributed by atoms with Gasteiger partial charge in [-0.25, -0.2) is 5.84 Å². The average molecular weight is 256 g/mol. The lowest BCUT2D eigenvalue weighted by atomic mass is 10.2. The number of unbranched alkanes of at least 4 members (excludes halogenated alkanes) is 2. The summed E-state index contributed by atoms with van der Waals surface area (Å²) in [6.07, 6.45) is 3.74. The van der Waals surface area contributed by atoms with Crippen LogP contribution in [-0.2, 0) is 5.75 Å². The molecule has 0 unspecified atom stereocenters. The Morgan fingerprint density at radius 2 is 2.29 bits per heavy atom. The van der Waals surface area contributed by atoms with Crippen molar-refractivity contribution < 1.29 is 9.21 Å². The number of nitrogens with one attached hydrogen (secondary N) is 1. The van der Waals surface area contributed by atoms with Crippen LogP contribution in [0.5, 0.6) is 0 Å². The van der Waals surface area contributed by atoms with Crippen LogP contribution in [0.15, 0.2) is 10.5 Å². The van der Waals surface area contributed by atoms with E-state index < -0.39 is 0 Å². The Kier molecular flexibility index (Phi) is 6.15. The maximum Gasteiger partial charge on any atom is 0.268 e. The van der Waals surface area contributed by atoms with E-state index in [9.17, 15) is 4.79 Å². The zero-order valence-electron chi connectivity index (χ0n) is 10.4. The van der Waals surface area contributed by atoms with E-state index in [0.717, 1.165) is 17.3 Å². The standard InChI is InChI=1S/C12H20N2O2S/c1-3-4-5-6-17-8-10-7-11(9(2)16-10)12(15)14-13/h7H,3-6,8,13H2,1-2H3,(H,14,15). The van der Waals surface area contributed by atoms with Crippen molar-refractivity contribution in [1.82, 2.24) is 5.43 Å². The minimum Gasteiger partial charge on any atom is -0.465 e. The molecule has 17 heavy (non-hydrogen) atoms. The molecule has 4 nitrogen and oxygen atoms in total. The Balaban J connectivity index is 2.42. The van der Waals surface area contributed by atoms with Gasteiger partial charge in [-0.1, -0.05) is 19.8 Å².